The Hall–Kier alpha value is -4.78. The van der Waals surface area contributed by atoms with E-state index in [9.17, 15) is 35.5 Å². The monoisotopic (exact) mass is 720 g/mol. The predicted octanol–water partition coefficient (Wildman–Crippen LogP) is 8.08. The molecule has 0 fully saturated rings. The van der Waals surface area contributed by atoms with Gasteiger partial charge in [-0.2, -0.15) is 26.3 Å². The third kappa shape index (κ3) is 6.70. The maximum atomic E-state index is 14.9. The first-order chi connectivity index (χ1) is 23.6. The lowest BCUT2D eigenvalue weighted by Gasteiger charge is -2.21. The number of pyridine rings is 2. The minimum absolute atomic E-state index is 0.00903. The molecular formula is C38H28F6N2O2P2. The van der Waals surface area contributed by atoms with Gasteiger partial charge in [0.15, 0.2) is 14.3 Å². The van der Waals surface area contributed by atoms with Crippen LogP contribution in [0.1, 0.15) is 22.3 Å². The van der Waals surface area contributed by atoms with E-state index in [2.05, 4.69) is 9.97 Å². The highest BCUT2D eigenvalue weighted by molar-refractivity contribution is 7.85. The van der Waals surface area contributed by atoms with Crippen LogP contribution in [0.4, 0.5) is 26.3 Å². The summed E-state index contributed by atoms with van der Waals surface area (Å²) in [5, 5.41) is 1.87. The van der Waals surface area contributed by atoms with E-state index in [-0.39, 0.29) is 15.9 Å². The van der Waals surface area contributed by atoms with Gasteiger partial charge in [0.2, 0.25) is 0 Å². The van der Waals surface area contributed by atoms with Gasteiger partial charge in [0, 0.05) is 44.2 Å². The molecule has 0 atom stereocenters. The molecule has 2 heterocycles. The molecule has 12 heteroatoms. The van der Waals surface area contributed by atoms with Crippen LogP contribution in [0.3, 0.4) is 0 Å². The highest BCUT2D eigenvalue weighted by atomic mass is 31.2. The van der Waals surface area contributed by atoms with Gasteiger partial charge >= 0.3 is 12.4 Å². The number of hydrogen-bond acceptors (Lipinski definition) is 4. The smallest absolute Gasteiger partial charge is 0.309 e. The lowest BCUT2D eigenvalue weighted by Crippen LogP contribution is -2.26. The molecule has 0 aliphatic carbocycles. The molecule has 6 rings (SSSR count). The second kappa shape index (κ2) is 13.2. The lowest BCUT2D eigenvalue weighted by atomic mass is 10.2. The molecule has 0 radical (unpaired) electrons. The molecule has 0 saturated heterocycles. The predicted molar refractivity (Wildman–Crippen MR) is 186 cm³/mol. The zero-order valence-electron chi connectivity index (χ0n) is 26.6. The molecule has 0 N–H and O–H groups in total. The Labute approximate surface area is 284 Å². The number of aryl methyl sites for hydroxylation is 2. The summed E-state index contributed by atoms with van der Waals surface area (Å²) in [5.74, 6) is 0. The molecule has 0 aliphatic rings. The largest absolute Gasteiger partial charge is 0.416 e. The van der Waals surface area contributed by atoms with Gasteiger partial charge in [-0.25, -0.2) is 0 Å². The molecule has 254 valence electrons. The summed E-state index contributed by atoms with van der Waals surface area (Å²) in [6.07, 6.45) is -6.47. The number of hydrogen-bond donors (Lipinski definition) is 0. The molecule has 0 bridgehead atoms. The average molecular weight is 721 g/mol. The van der Waals surface area contributed by atoms with Gasteiger partial charge in [0.05, 0.1) is 22.5 Å². The summed E-state index contributed by atoms with van der Waals surface area (Å²) in [6.45, 7) is 3.89. The van der Waals surface area contributed by atoms with Crippen LogP contribution in [0.2, 0.25) is 0 Å². The summed E-state index contributed by atoms with van der Waals surface area (Å²) in [4.78, 5) is 9.00. The van der Waals surface area contributed by atoms with Gasteiger partial charge in [0.1, 0.15) is 0 Å². The second-order valence-electron chi connectivity index (χ2n) is 11.8. The third-order valence-electron chi connectivity index (χ3n) is 8.40. The summed E-state index contributed by atoms with van der Waals surface area (Å²) in [7, 11) is -7.31. The first-order valence-corrected chi connectivity index (χ1v) is 18.7. The van der Waals surface area contributed by atoms with E-state index in [4.69, 9.17) is 0 Å². The first-order valence-electron chi connectivity index (χ1n) is 15.2. The van der Waals surface area contributed by atoms with Gasteiger partial charge in [0.25, 0.3) is 0 Å². The van der Waals surface area contributed by atoms with E-state index in [0.29, 0.717) is 27.3 Å². The van der Waals surface area contributed by atoms with Crippen LogP contribution in [0.5, 0.6) is 0 Å². The van der Waals surface area contributed by atoms with E-state index >= 15 is 0 Å². The Bertz CT molecular complexity index is 2110. The fraction of sp³-hybridized carbons (Fsp3) is 0.105. The van der Waals surface area contributed by atoms with E-state index < -0.39 is 37.8 Å². The Morgan fingerprint density at radius 1 is 0.400 bits per heavy atom. The van der Waals surface area contributed by atoms with Crippen molar-refractivity contribution in [2.45, 2.75) is 26.2 Å². The molecule has 0 aliphatic heterocycles. The van der Waals surface area contributed by atoms with Crippen molar-refractivity contribution < 1.29 is 35.5 Å². The summed E-state index contributed by atoms with van der Waals surface area (Å²) in [6, 6.07) is 28.7. The maximum Gasteiger partial charge on any atom is 0.416 e. The Balaban J connectivity index is 1.38. The molecule has 4 aromatic carbocycles. The van der Waals surface area contributed by atoms with Crippen LogP contribution >= 0.6 is 14.3 Å². The highest BCUT2D eigenvalue weighted by Crippen LogP contribution is 2.45. The van der Waals surface area contributed by atoms with Crippen molar-refractivity contribution in [2.75, 3.05) is 0 Å². The number of alkyl halides is 6. The summed E-state index contributed by atoms with van der Waals surface area (Å²) >= 11 is 0. The maximum absolute atomic E-state index is 14.9. The number of rotatable bonds is 7. The van der Waals surface area contributed by atoms with Crippen LogP contribution in [0.25, 0.3) is 11.4 Å². The van der Waals surface area contributed by atoms with Gasteiger partial charge in [-0.15, -0.1) is 0 Å². The number of nitrogens with zero attached hydrogens (tertiary/aromatic N) is 2. The van der Waals surface area contributed by atoms with Crippen LogP contribution in [0.15, 0.2) is 134 Å². The van der Waals surface area contributed by atoms with E-state index in [0.717, 1.165) is 59.7 Å². The Kier molecular flexibility index (Phi) is 9.23. The standard InChI is InChI=1S/C38H28F6N2O2P2/c1-25-3-11-29(12-4-25)49(47,30-13-5-26(2)6-14-30)33-19-21-35(45-23-33)36-22-20-34(24-46-36)50(48,31-15-7-27(8-16-31)37(39,40)41)32-17-9-28(10-18-32)38(42,43)44/h3-24H,1-2H3. The van der Waals surface area contributed by atoms with E-state index in [1.54, 1.807) is 12.1 Å². The average Bonchev–Trinajstić information content (AvgIpc) is 3.11. The van der Waals surface area contributed by atoms with Gasteiger partial charge in [-0.05, 0) is 62.4 Å². The quantitative estimate of drug-likeness (QED) is 0.124. The summed E-state index contributed by atoms with van der Waals surface area (Å²) < 4.78 is 110. The number of halogens is 6. The van der Waals surface area contributed by atoms with Crippen molar-refractivity contribution in [3.05, 3.63) is 156 Å². The zero-order valence-corrected chi connectivity index (χ0v) is 28.4. The van der Waals surface area contributed by atoms with Gasteiger partial charge in [-0.1, -0.05) is 83.9 Å². The third-order valence-corrected chi connectivity index (χ3v) is 14.5. The van der Waals surface area contributed by atoms with Gasteiger partial charge in [-0.3, -0.25) is 9.97 Å². The Morgan fingerprint density at radius 2 is 0.660 bits per heavy atom. The van der Waals surface area contributed by atoms with Crippen LogP contribution in [-0.2, 0) is 21.5 Å². The molecule has 2 aromatic heterocycles. The number of benzene rings is 4. The molecule has 4 nitrogen and oxygen atoms in total. The molecule has 0 unspecified atom stereocenters. The zero-order chi connectivity index (χ0) is 35.9. The molecule has 0 spiro atoms. The van der Waals surface area contributed by atoms with Crippen molar-refractivity contribution in [3.63, 3.8) is 0 Å². The second-order valence-corrected chi connectivity index (χ2v) is 17.3. The van der Waals surface area contributed by atoms with Crippen molar-refractivity contribution in [1.29, 1.82) is 0 Å². The van der Waals surface area contributed by atoms with E-state index in [1.807, 2.05) is 62.4 Å². The van der Waals surface area contributed by atoms with Crippen molar-refractivity contribution in [1.82, 2.24) is 9.97 Å². The number of aromatic nitrogens is 2. The van der Waals surface area contributed by atoms with Crippen molar-refractivity contribution >= 4 is 46.1 Å². The normalized spacial score (nSPS) is 12.6. The van der Waals surface area contributed by atoms with Crippen LogP contribution in [0, 0.1) is 13.8 Å². The van der Waals surface area contributed by atoms with E-state index in [1.165, 1.54) is 24.5 Å². The molecule has 0 saturated carbocycles. The fourth-order valence-electron chi connectivity index (χ4n) is 5.57. The fourth-order valence-corrected chi connectivity index (χ4v) is 10.6. The molecular weight excluding hydrogens is 692 g/mol. The highest BCUT2D eigenvalue weighted by Gasteiger charge is 2.36. The van der Waals surface area contributed by atoms with Gasteiger partial charge < -0.3 is 9.13 Å². The topological polar surface area (TPSA) is 59.9 Å². The SMILES string of the molecule is Cc1ccc(P(=O)(c2ccc(C)cc2)c2ccc(-c3ccc(P(=O)(c4ccc(C(F)(F)F)cc4)c4ccc(C(F)(F)F)cc4)cn3)nc2)cc1. The van der Waals surface area contributed by atoms with Crippen LogP contribution < -0.4 is 31.8 Å². The first kappa shape index (κ1) is 35.1. The van der Waals surface area contributed by atoms with Crippen molar-refractivity contribution in [3.8, 4) is 11.4 Å². The lowest BCUT2D eigenvalue weighted by molar-refractivity contribution is -0.138. The van der Waals surface area contributed by atoms with Crippen molar-refractivity contribution in [2.24, 2.45) is 0 Å². The molecule has 0 amide bonds. The molecule has 6 aromatic rings. The minimum atomic E-state index is -4.64. The Morgan fingerprint density at radius 3 is 0.900 bits per heavy atom. The molecule has 50 heavy (non-hydrogen) atoms. The summed E-state index contributed by atoms with van der Waals surface area (Å²) in [5.41, 5.74) is 0.877. The minimum Gasteiger partial charge on any atom is -0.309 e. The van der Waals surface area contributed by atoms with Crippen LogP contribution in [-0.4, -0.2) is 9.97 Å².